The summed E-state index contributed by atoms with van der Waals surface area (Å²) in [5.74, 6) is -0.213. The topological polar surface area (TPSA) is 71.4 Å². The minimum atomic E-state index is -0.776. The van der Waals surface area contributed by atoms with Crippen molar-refractivity contribution < 1.29 is 19.5 Å². The van der Waals surface area contributed by atoms with Crippen molar-refractivity contribution in [1.82, 2.24) is 0 Å². The zero-order valence-corrected chi connectivity index (χ0v) is 14.7. The molecule has 4 heteroatoms. The highest BCUT2D eigenvalue weighted by atomic mass is 16.4. The Morgan fingerprint density at radius 2 is 1.92 bits per heavy atom. The van der Waals surface area contributed by atoms with E-state index in [9.17, 15) is 14.4 Å². The number of hydrogen-bond acceptors (Lipinski definition) is 3. The predicted octanol–water partition coefficient (Wildman–Crippen LogP) is 4.49. The number of hydrogen-bond donors (Lipinski definition) is 1. The minimum absolute atomic E-state index is 0.0517. The molecule has 4 nitrogen and oxygen atoms in total. The first kappa shape index (κ1) is 20.3. The van der Waals surface area contributed by atoms with Crippen LogP contribution in [0.4, 0.5) is 0 Å². The van der Waals surface area contributed by atoms with Gasteiger partial charge in [0, 0.05) is 25.2 Å². The van der Waals surface area contributed by atoms with Gasteiger partial charge in [-0.1, -0.05) is 38.0 Å². The Morgan fingerprint density at radius 1 is 1.12 bits per heavy atom. The van der Waals surface area contributed by atoms with Crippen LogP contribution >= 0.6 is 0 Å². The van der Waals surface area contributed by atoms with Crippen molar-refractivity contribution >= 4 is 17.5 Å². The lowest BCUT2D eigenvalue weighted by molar-refractivity contribution is -0.137. The molecule has 1 aliphatic carbocycles. The average molecular weight is 334 g/mol. The van der Waals surface area contributed by atoms with Gasteiger partial charge in [-0.15, -0.1) is 0 Å². The number of carboxylic acids is 1. The summed E-state index contributed by atoms with van der Waals surface area (Å²) in [6.45, 7) is 2.12. The highest BCUT2D eigenvalue weighted by Crippen LogP contribution is 2.30. The van der Waals surface area contributed by atoms with Crippen LogP contribution in [0, 0.1) is 11.8 Å². The zero-order valence-electron chi connectivity index (χ0n) is 14.7. The first-order valence-electron chi connectivity index (χ1n) is 9.15. The molecule has 0 aromatic rings. The standard InChI is InChI=1S/C20H30O4/c1-2-3-6-9-17(21)14-12-16-13-15-19(22)18(16)10-7-4-5-8-11-20(23)24/h4,7,13,15-16,18H,2-3,5-6,8-12,14H2,1H3,(H,23,24)/b7-4-/t16-,18?/m0/s1. The molecular weight excluding hydrogens is 304 g/mol. The Bertz CT molecular complexity index is 476. The third-order valence-electron chi connectivity index (χ3n) is 4.52. The smallest absolute Gasteiger partial charge is 0.303 e. The quantitative estimate of drug-likeness (QED) is 0.398. The molecule has 0 amide bonds. The van der Waals surface area contributed by atoms with Gasteiger partial charge in [0.2, 0.25) is 0 Å². The maximum absolute atomic E-state index is 12.0. The van der Waals surface area contributed by atoms with E-state index in [-0.39, 0.29) is 24.0 Å². The zero-order chi connectivity index (χ0) is 17.8. The molecule has 24 heavy (non-hydrogen) atoms. The number of unbranched alkanes of at least 4 members (excludes halogenated alkanes) is 3. The Hall–Kier alpha value is -1.71. The molecule has 1 unspecified atom stereocenters. The van der Waals surface area contributed by atoms with Crippen LogP contribution in [0.15, 0.2) is 24.3 Å². The van der Waals surface area contributed by atoms with E-state index in [1.165, 1.54) is 0 Å². The Kier molecular flexibility index (Phi) is 9.97. The molecule has 0 aromatic heterocycles. The van der Waals surface area contributed by atoms with E-state index < -0.39 is 5.97 Å². The second kappa shape index (κ2) is 11.8. The molecule has 1 N–H and O–H groups in total. The maximum atomic E-state index is 12.0. The highest BCUT2D eigenvalue weighted by molar-refractivity contribution is 5.94. The maximum Gasteiger partial charge on any atom is 0.303 e. The van der Waals surface area contributed by atoms with E-state index in [0.717, 1.165) is 32.1 Å². The first-order valence-corrected chi connectivity index (χ1v) is 9.15. The third-order valence-corrected chi connectivity index (χ3v) is 4.52. The number of carboxylic acid groups (broad SMARTS) is 1. The lowest BCUT2D eigenvalue weighted by Gasteiger charge is -2.16. The van der Waals surface area contributed by atoms with Crippen molar-refractivity contribution in [3.05, 3.63) is 24.3 Å². The monoisotopic (exact) mass is 334 g/mol. The van der Waals surface area contributed by atoms with Gasteiger partial charge in [-0.25, -0.2) is 0 Å². The Labute approximate surface area is 145 Å². The summed E-state index contributed by atoms with van der Waals surface area (Å²) < 4.78 is 0. The molecule has 0 fully saturated rings. The highest BCUT2D eigenvalue weighted by Gasteiger charge is 2.28. The van der Waals surface area contributed by atoms with Crippen molar-refractivity contribution in [3.8, 4) is 0 Å². The molecule has 1 aliphatic rings. The molecule has 0 spiro atoms. The number of ketones is 2. The van der Waals surface area contributed by atoms with Crippen LogP contribution in [0.3, 0.4) is 0 Å². The Morgan fingerprint density at radius 3 is 2.62 bits per heavy atom. The molecule has 0 aliphatic heterocycles. The van der Waals surface area contributed by atoms with E-state index in [1.54, 1.807) is 6.08 Å². The number of allylic oxidation sites excluding steroid dienone is 4. The number of Topliss-reactive ketones (excluding diaryl/α,β-unsaturated/α-hetero) is 1. The van der Waals surface area contributed by atoms with Crippen LogP contribution < -0.4 is 0 Å². The van der Waals surface area contributed by atoms with E-state index in [2.05, 4.69) is 6.92 Å². The summed E-state index contributed by atoms with van der Waals surface area (Å²) in [6, 6.07) is 0. The average Bonchev–Trinajstić information content (AvgIpc) is 2.89. The molecule has 2 atom stereocenters. The van der Waals surface area contributed by atoms with Gasteiger partial charge >= 0.3 is 5.97 Å². The normalized spacial score (nSPS) is 20.1. The molecule has 0 aromatic carbocycles. The Balaban J connectivity index is 2.29. The fourth-order valence-electron chi connectivity index (χ4n) is 3.03. The SMILES string of the molecule is CCCCCC(=O)CC[C@H]1C=CC(=O)C1C/C=C\CCCC(=O)O. The fraction of sp³-hybridized carbons (Fsp3) is 0.650. The van der Waals surface area contributed by atoms with Gasteiger partial charge in [0.1, 0.15) is 5.78 Å². The van der Waals surface area contributed by atoms with Crippen LogP contribution in [-0.4, -0.2) is 22.6 Å². The summed E-state index contributed by atoms with van der Waals surface area (Å²) in [5, 5.41) is 8.58. The number of aliphatic carboxylic acids is 1. The molecule has 0 heterocycles. The number of rotatable bonds is 13. The lowest BCUT2D eigenvalue weighted by Crippen LogP contribution is -2.16. The van der Waals surface area contributed by atoms with Crippen LogP contribution in [0.5, 0.6) is 0 Å². The van der Waals surface area contributed by atoms with Gasteiger partial charge < -0.3 is 5.11 Å². The van der Waals surface area contributed by atoms with E-state index >= 15 is 0 Å². The number of carbonyl (C=O) groups excluding carboxylic acids is 2. The summed E-state index contributed by atoms with van der Waals surface area (Å²) in [5.41, 5.74) is 0. The van der Waals surface area contributed by atoms with Crippen molar-refractivity contribution in [2.24, 2.45) is 11.8 Å². The molecule has 0 saturated carbocycles. The van der Waals surface area contributed by atoms with Crippen LogP contribution in [0.2, 0.25) is 0 Å². The lowest BCUT2D eigenvalue weighted by atomic mass is 9.87. The van der Waals surface area contributed by atoms with Crippen molar-refractivity contribution in [1.29, 1.82) is 0 Å². The van der Waals surface area contributed by atoms with Crippen LogP contribution in [0.25, 0.3) is 0 Å². The molecular formula is C20H30O4. The van der Waals surface area contributed by atoms with Crippen LogP contribution in [-0.2, 0) is 14.4 Å². The third kappa shape index (κ3) is 8.23. The first-order chi connectivity index (χ1) is 11.5. The van der Waals surface area contributed by atoms with E-state index in [1.807, 2.05) is 18.2 Å². The van der Waals surface area contributed by atoms with Gasteiger partial charge in [0.05, 0.1) is 0 Å². The fourth-order valence-corrected chi connectivity index (χ4v) is 3.03. The van der Waals surface area contributed by atoms with Gasteiger partial charge in [-0.3, -0.25) is 14.4 Å². The second-order valence-corrected chi connectivity index (χ2v) is 6.56. The largest absolute Gasteiger partial charge is 0.481 e. The molecule has 134 valence electrons. The van der Waals surface area contributed by atoms with Crippen LogP contribution in [0.1, 0.15) is 71.1 Å². The summed E-state index contributed by atoms with van der Waals surface area (Å²) in [6.07, 6.45) is 14.9. The van der Waals surface area contributed by atoms with Gasteiger partial charge in [-0.2, -0.15) is 0 Å². The van der Waals surface area contributed by atoms with Gasteiger partial charge in [-0.05, 0) is 44.1 Å². The van der Waals surface area contributed by atoms with E-state index in [4.69, 9.17) is 5.11 Å². The van der Waals surface area contributed by atoms with E-state index in [0.29, 0.717) is 31.5 Å². The van der Waals surface area contributed by atoms with Gasteiger partial charge in [0.25, 0.3) is 0 Å². The predicted molar refractivity (Wildman–Crippen MR) is 94.8 cm³/mol. The molecule has 1 rings (SSSR count). The summed E-state index contributed by atoms with van der Waals surface area (Å²) in [4.78, 5) is 34.3. The van der Waals surface area contributed by atoms with Crippen molar-refractivity contribution in [2.75, 3.05) is 0 Å². The number of carbonyl (C=O) groups is 3. The minimum Gasteiger partial charge on any atom is -0.481 e. The second-order valence-electron chi connectivity index (χ2n) is 6.56. The van der Waals surface area contributed by atoms with Crippen molar-refractivity contribution in [3.63, 3.8) is 0 Å². The summed E-state index contributed by atoms with van der Waals surface area (Å²) in [7, 11) is 0. The summed E-state index contributed by atoms with van der Waals surface area (Å²) >= 11 is 0. The van der Waals surface area contributed by atoms with Crippen molar-refractivity contribution in [2.45, 2.75) is 71.1 Å². The molecule has 0 saturated heterocycles. The molecule has 0 radical (unpaired) electrons. The molecule has 0 bridgehead atoms. The van der Waals surface area contributed by atoms with Gasteiger partial charge in [0.15, 0.2) is 5.78 Å².